The summed E-state index contributed by atoms with van der Waals surface area (Å²) in [5, 5.41) is -0.837. The fraction of sp³-hybridized carbons (Fsp3) is 0.100. The molecule has 11 heteroatoms. The van der Waals surface area contributed by atoms with Gasteiger partial charge in [0.1, 0.15) is 10.6 Å². The molecule has 0 unspecified atom stereocenters. The van der Waals surface area contributed by atoms with Crippen molar-refractivity contribution < 1.29 is 32.6 Å². The van der Waals surface area contributed by atoms with Gasteiger partial charge in [-0.15, -0.1) is 0 Å². The third kappa shape index (κ3) is 3.31. The number of alkyl halides is 3. The third-order valence-corrected chi connectivity index (χ3v) is 3.92. The first-order valence-corrected chi connectivity index (χ1v) is 7.32. The van der Waals surface area contributed by atoms with Crippen LogP contribution in [0.3, 0.4) is 0 Å². The van der Waals surface area contributed by atoms with E-state index in [1.807, 2.05) is 0 Å². The van der Waals surface area contributed by atoms with E-state index >= 15 is 0 Å². The maximum Gasteiger partial charge on any atom is 0.433 e. The zero-order chi connectivity index (χ0) is 16.3. The predicted octanol–water partition coefficient (Wildman–Crippen LogP) is 6.56. The van der Waals surface area contributed by atoms with Gasteiger partial charge in [0.15, 0.2) is 0 Å². The Morgan fingerprint density at radius 3 is 2.00 bits per heavy atom. The van der Waals surface area contributed by atoms with Gasteiger partial charge >= 0.3 is 16.4 Å². The molecule has 1 nitrogen and oxygen atoms in total. The lowest BCUT2D eigenvalue weighted by Gasteiger charge is -2.40. The number of benzene rings is 1. The summed E-state index contributed by atoms with van der Waals surface area (Å²) in [4.78, 5) is 0.591. The first-order valence-electron chi connectivity index (χ1n) is 4.99. The molecule has 118 valence electrons. The Kier molecular flexibility index (Phi) is 2.85. The Balaban J connectivity index is 2.80. The topological polar surface area (TPSA) is 12.9 Å². The highest BCUT2D eigenvalue weighted by molar-refractivity contribution is 8.45. The molecular formula is C10H4ClF8NS. The molecule has 1 aromatic carbocycles. The van der Waals surface area contributed by atoms with Gasteiger partial charge in [0.05, 0.1) is 10.5 Å². The number of fused-ring (bicyclic) bond motifs is 1. The van der Waals surface area contributed by atoms with E-state index in [4.69, 9.17) is 11.6 Å². The smallest absolute Gasteiger partial charge is 0.243 e. The van der Waals surface area contributed by atoms with Crippen LogP contribution in [0.4, 0.5) is 32.6 Å². The van der Waals surface area contributed by atoms with Crippen LogP contribution in [0.25, 0.3) is 10.9 Å². The van der Waals surface area contributed by atoms with Crippen LogP contribution in [0.15, 0.2) is 29.2 Å². The minimum atomic E-state index is -10.0. The summed E-state index contributed by atoms with van der Waals surface area (Å²) < 4.78 is 101. The maximum atomic E-state index is 12.6. The van der Waals surface area contributed by atoms with E-state index in [2.05, 4.69) is 4.98 Å². The van der Waals surface area contributed by atoms with Crippen molar-refractivity contribution in [2.75, 3.05) is 0 Å². The summed E-state index contributed by atoms with van der Waals surface area (Å²) >= 11 is 5.51. The van der Waals surface area contributed by atoms with Gasteiger partial charge in [-0.25, -0.2) is 4.98 Å². The first-order chi connectivity index (χ1) is 9.08. The molecule has 2 aromatic rings. The number of halogens is 9. The number of hydrogen-bond donors (Lipinski definition) is 0. The lowest BCUT2D eigenvalue weighted by Crippen LogP contribution is -2.09. The highest BCUT2D eigenvalue weighted by Gasteiger charge is 2.65. The fourth-order valence-corrected chi connectivity index (χ4v) is 2.47. The molecule has 0 atom stereocenters. The zero-order valence-corrected chi connectivity index (χ0v) is 11.1. The van der Waals surface area contributed by atoms with Crippen molar-refractivity contribution in [3.63, 3.8) is 0 Å². The second-order valence-corrected chi connectivity index (χ2v) is 6.95. The van der Waals surface area contributed by atoms with Gasteiger partial charge in [-0.2, -0.15) is 13.2 Å². The van der Waals surface area contributed by atoms with E-state index in [1.165, 1.54) is 0 Å². The minimum Gasteiger partial charge on any atom is -0.243 e. The van der Waals surface area contributed by atoms with Crippen LogP contribution in [-0.4, -0.2) is 4.98 Å². The molecule has 0 radical (unpaired) electrons. The lowest BCUT2D eigenvalue weighted by molar-refractivity contribution is -0.140. The van der Waals surface area contributed by atoms with E-state index in [1.54, 1.807) is 0 Å². The highest BCUT2D eigenvalue weighted by Crippen LogP contribution is 3.02. The van der Waals surface area contributed by atoms with Gasteiger partial charge in [-0.05, 0) is 24.3 Å². The van der Waals surface area contributed by atoms with Gasteiger partial charge in [-0.3, -0.25) is 0 Å². The molecule has 0 amide bonds. The summed E-state index contributed by atoms with van der Waals surface area (Å²) in [7, 11) is -10.0. The minimum absolute atomic E-state index is 0.0602. The highest BCUT2D eigenvalue weighted by atomic mass is 35.5. The first kappa shape index (κ1) is 16.1. The van der Waals surface area contributed by atoms with Crippen LogP contribution in [0.1, 0.15) is 5.69 Å². The summed E-state index contributed by atoms with van der Waals surface area (Å²) in [6.07, 6.45) is -4.97. The van der Waals surface area contributed by atoms with E-state index in [-0.39, 0.29) is 17.5 Å². The normalized spacial score (nSPS) is 16.6. The second-order valence-electron chi connectivity index (χ2n) is 4.14. The summed E-state index contributed by atoms with van der Waals surface area (Å²) in [5.74, 6) is 0. The predicted molar refractivity (Wildman–Crippen MR) is 63.2 cm³/mol. The number of pyridine rings is 1. The summed E-state index contributed by atoms with van der Waals surface area (Å²) in [5.41, 5.74) is -2.49. The van der Waals surface area contributed by atoms with Crippen molar-refractivity contribution in [1.82, 2.24) is 4.98 Å². The van der Waals surface area contributed by atoms with Crippen LogP contribution >= 0.6 is 21.8 Å². The Morgan fingerprint density at radius 2 is 1.52 bits per heavy atom. The fourth-order valence-electron chi connectivity index (χ4n) is 1.55. The molecule has 0 aliphatic heterocycles. The molecule has 0 fully saturated rings. The van der Waals surface area contributed by atoms with E-state index in [0.717, 1.165) is 0 Å². The Labute approximate surface area is 117 Å². The molecule has 1 aromatic heterocycles. The Morgan fingerprint density at radius 1 is 0.952 bits per heavy atom. The van der Waals surface area contributed by atoms with Crippen molar-refractivity contribution >= 4 is 32.7 Å². The van der Waals surface area contributed by atoms with Crippen molar-refractivity contribution in [1.29, 1.82) is 0 Å². The zero-order valence-electron chi connectivity index (χ0n) is 9.57. The average molecular weight is 358 g/mol. The van der Waals surface area contributed by atoms with Crippen molar-refractivity contribution in [2.24, 2.45) is 0 Å². The molecule has 0 N–H and O–H groups in total. The van der Waals surface area contributed by atoms with E-state index < -0.39 is 37.5 Å². The standard InChI is InChI=1S/C10H4ClF8NS/c11-7-4-9(10(12,13)14)20-8-3-5(1-2-6(7)8)21(15,16,17,18)19/h1-4H. The number of aromatic nitrogens is 1. The largest absolute Gasteiger partial charge is 0.433 e. The van der Waals surface area contributed by atoms with Crippen molar-refractivity contribution in [3.05, 3.63) is 35.0 Å². The molecule has 0 saturated carbocycles. The van der Waals surface area contributed by atoms with Crippen LogP contribution in [0.2, 0.25) is 5.02 Å². The Hall–Kier alpha value is -1.29. The number of rotatable bonds is 1. The van der Waals surface area contributed by atoms with Gasteiger partial charge in [0, 0.05) is 5.39 Å². The number of nitrogens with zero attached hydrogens (tertiary/aromatic N) is 1. The van der Waals surface area contributed by atoms with Crippen LogP contribution < -0.4 is 0 Å². The summed E-state index contributed by atoms with van der Waals surface area (Å²) in [6, 6.07) is 0.879. The monoisotopic (exact) mass is 357 g/mol. The molecule has 0 spiro atoms. The summed E-state index contributed by atoms with van der Waals surface area (Å²) in [6.45, 7) is 0. The molecule has 0 saturated heterocycles. The van der Waals surface area contributed by atoms with E-state index in [9.17, 15) is 32.6 Å². The quantitative estimate of drug-likeness (QED) is 0.526. The molecule has 0 bridgehead atoms. The lowest BCUT2D eigenvalue weighted by atomic mass is 10.2. The maximum absolute atomic E-state index is 12.6. The molecule has 2 rings (SSSR count). The van der Waals surface area contributed by atoms with Gasteiger partial charge in [0.25, 0.3) is 0 Å². The van der Waals surface area contributed by atoms with Gasteiger partial charge in [0.2, 0.25) is 0 Å². The molecule has 1 heterocycles. The van der Waals surface area contributed by atoms with Gasteiger partial charge < -0.3 is 0 Å². The van der Waals surface area contributed by atoms with E-state index in [0.29, 0.717) is 12.1 Å². The van der Waals surface area contributed by atoms with Crippen LogP contribution in [-0.2, 0) is 6.18 Å². The van der Waals surface area contributed by atoms with Crippen LogP contribution in [0.5, 0.6) is 0 Å². The average Bonchev–Trinajstić information content (AvgIpc) is 2.23. The molecular weight excluding hydrogens is 354 g/mol. The SMILES string of the molecule is FC(F)(F)c1cc(Cl)c2ccc(S(F)(F)(F)(F)F)cc2n1. The van der Waals surface area contributed by atoms with Crippen LogP contribution in [0, 0.1) is 0 Å². The van der Waals surface area contributed by atoms with Crippen molar-refractivity contribution in [3.8, 4) is 0 Å². The molecule has 0 aliphatic rings. The molecule has 0 aliphatic carbocycles. The van der Waals surface area contributed by atoms with Gasteiger partial charge in [-0.1, -0.05) is 31.0 Å². The third-order valence-electron chi connectivity index (χ3n) is 2.47. The van der Waals surface area contributed by atoms with Crippen molar-refractivity contribution in [2.45, 2.75) is 11.1 Å². The second kappa shape index (κ2) is 3.72. The molecule has 21 heavy (non-hydrogen) atoms. The number of hydrogen-bond acceptors (Lipinski definition) is 1. The Bertz CT molecular complexity index is 737.